The Morgan fingerprint density at radius 3 is 2.18 bits per heavy atom. The molecule has 94 valence electrons. The predicted molar refractivity (Wildman–Crippen MR) is 73.8 cm³/mol. The Labute approximate surface area is 105 Å². The summed E-state index contributed by atoms with van der Waals surface area (Å²) >= 11 is 0. The Morgan fingerprint density at radius 2 is 1.76 bits per heavy atom. The van der Waals surface area contributed by atoms with Crippen LogP contribution < -0.4 is 0 Å². The topological polar surface area (TPSA) is 25.8 Å². The predicted octanol–water partition coefficient (Wildman–Crippen LogP) is 4.18. The van der Waals surface area contributed by atoms with Gasteiger partial charge in [0.25, 0.3) is 0 Å². The zero-order valence-corrected chi connectivity index (χ0v) is 11.9. The lowest BCUT2D eigenvalue weighted by Crippen LogP contribution is -2.05. The third kappa shape index (κ3) is 3.39. The van der Waals surface area contributed by atoms with E-state index in [0.29, 0.717) is 11.8 Å². The van der Waals surface area contributed by atoms with Gasteiger partial charge in [0.1, 0.15) is 6.33 Å². The minimum absolute atomic E-state index is 0.633. The summed E-state index contributed by atoms with van der Waals surface area (Å²) in [5, 5.41) is 0. The van der Waals surface area contributed by atoms with Crippen LogP contribution in [0.2, 0.25) is 0 Å². The van der Waals surface area contributed by atoms with Crippen LogP contribution in [-0.4, -0.2) is 9.97 Å². The number of rotatable bonds is 4. The second-order valence-electron chi connectivity index (χ2n) is 5.09. The lowest BCUT2D eigenvalue weighted by molar-refractivity contribution is 0.454. The van der Waals surface area contributed by atoms with E-state index in [-0.39, 0.29) is 0 Å². The highest BCUT2D eigenvalue weighted by atomic mass is 14.8. The second-order valence-corrected chi connectivity index (χ2v) is 5.09. The summed E-state index contributed by atoms with van der Waals surface area (Å²) in [6, 6.07) is 0. The zero-order chi connectivity index (χ0) is 13.0. The monoisotopic (exact) mass is 232 g/mol. The van der Waals surface area contributed by atoms with E-state index in [1.807, 2.05) is 0 Å². The van der Waals surface area contributed by atoms with Crippen LogP contribution in [0.3, 0.4) is 0 Å². The molecule has 0 aliphatic heterocycles. The van der Waals surface area contributed by atoms with Crippen molar-refractivity contribution in [3.8, 4) is 0 Å². The van der Waals surface area contributed by atoms with E-state index in [2.05, 4.69) is 57.6 Å². The quantitative estimate of drug-likeness (QED) is 0.778. The van der Waals surface area contributed by atoms with Gasteiger partial charge in [0, 0.05) is 17.0 Å². The molecule has 0 radical (unpaired) electrons. The average Bonchev–Trinajstić information content (AvgIpc) is 2.25. The van der Waals surface area contributed by atoms with Crippen LogP contribution >= 0.6 is 0 Å². The van der Waals surface area contributed by atoms with Gasteiger partial charge in [0.15, 0.2) is 0 Å². The Kier molecular flexibility index (Phi) is 4.86. The first-order chi connectivity index (χ1) is 7.97. The van der Waals surface area contributed by atoms with Crippen molar-refractivity contribution in [1.82, 2.24) is 9.97 Å². The van der Waals surface area contributed by atoms with E-state index < -0.39 is 0 Å². The molecule has 0 amide bonds. The molecule has 0 bridgehead atoms. The number of nitrogens with zero attached hydrogens (tertiary/aromatic N) is 2. The fraction of sp³-hybridized carbons (Fsp3) is 0.600. The summed E-state index contributed by atoms with van der Waals surface area (Å²) in [5.74, 6) is 1.31. The van der Waals surface area contributed by atoms with Gasteiger partial charge in [-0.3, -0.25) is 0 Å². The number of aromatic nitrogens is 2. The zero-order valence-electron chi connectivity index (χ0n) is 11.9. The van der Waals surface area contributed by atoms with Crippen molar-refractivity contribution in [2.45, 2.75) is 48.0 Å². The number of hydrogen-bond donors (Lipinski definition) is 0. The van der Waals surface area contributed by atoms with Gasteiger partial charge in [-0.15, -0.1) is 0 Å². The molecule has 0 aromatic carbocycles. The van der Waals surface area contributed by atoms with Crippen molar-refractivity contribution in [3.05, 3.63) is 29.4 Å². The average molecular weight is 232 g/mol. The molecular weight excluding hydrogens is 208 g/mol. The van der Waals surface area contributed by atoms with E-state index in [0.717, 1.165) is 11.4 Å². The SMILES string of the molecule is CCC(/C=C(/C)c1c(C)ncnc1C)C(C)C. The van der Waals surface area contributed by atoms with Crippen molar-refractivity contribution < 1.29 is 0 Å². The molecule has 2 heteroatoms. The molecule has 1 heterocycles. The Hall–Kier alpha value is -1.18. The molecule has 0 saturated carbocycles. The third-order valence-electron chi connectivity index (χ3n) is 3.41. The first-order valence-corrected chi connectivity index (χ1v) is 6.44. The molecule has 1 aromatic heterocycles. The minimum Gasteiger partial charge on any atom is -0.241 e. The molecule has 1 rings (SSSR count). The number of aryl methyl sites for hydroxylation is 2. The molecule has 2 nitrogen and oxygen atoms in total. The van der Waals surface area contributed by atoms with Crippen molar-refractivity contribution in [2.75, 3.05) is 0 Å². The van der Waals surface area contributed by atoms with Crippen molar-refractivity contribution in [1.29, 1.82) is 0 Å². The molecule has 1 aromatic rings. The molecule has 17 heavy (non-hydrogen) atoms. The van der Waals surface area contributed by atoms with E-state index >= 15 is 0 Å². The third-order valence-corrected chi connectivity index (χ3v) is 3.41. The van der Waals surface area contributed by atoms with E-state index in [1.165, 1.54) is 17.6 Å². The molecule has 0 spiro atoms. The maximum Gasteiger partial charge on any atom is 0.115 e. The van der Waals surface area contributed by atoms with Gasteiger partial charge in [0.05, 0.1) is 0 Å². The largest absolute Gasteiger partial charge is 0.241 e. The van der Waals surface area contributed by atoms with E-state index in [4.69, 9.17) is 0 Å². The van der Waals surface area contributed by atoms with Gasteiger partial charge >= 0.3 is 0 Å². The fourth-order valence-electron chi connectivity index (χ4n) is 2.35. The Bertz CT molecular complexity index is 385. The molecule has 0 aliphatic rings. The Balaban J connectivity index is 3.11. The molecule has 1 atom stereocenters. The smallest absolute Gasteiger partial charge is 0.115 e. The standard InChI is InChI=1S/C15H24N2/c1-7-14(10(2)3)8-11(4)15-12(5)16-9-17-13(15)6/h8-10,14H,7H2,1-6H3/b11-8-. The summed E-state index contributed by atoms with van der Waals surface area (Å²) in [4.78, 5) is 8.57. The second kappa shape index (κ2) is 5.95. The van der Waals surface area contributed by atoms with Gasteiger partial charge in [-0.2, -0.15) is 0 Å². The summed E-state index contributed by atoms with van der Waals surface area (Å²) < 4.78 is 0. The molecule has 0 aliphatic carbocycles. The summed E-state index contributed by atoms with van der Waals surface area (Å²) in [5.41, 5.74) is 4.67. The van der Waals surface area contributed by atoms with Crippen LogP contribution in [0.4, 0.5) is 0 Å². The number of hydrogen-bond acceptors (Lipinski definition) is 2. The van der Waals surface area contributed by atoms with Crippen molar-refractivity contribution in [3.63, 3.8) is 0 Å². The molecule has 1 unspecified atom stereocenters. The highest BCUT2D eigenvalue weighted by molar-refractivity contribution is 5.67. The first kappa shape index (κ1) is 13.9. The van der Waals surface area contributed by atoms with Crippen LogP contribution in [0.25, 0.3) is 5.57 Å². The molecule has 0 saturated heterocycles. The highest BCUT2D eigenvalue weighted by Crippen LogP contribution is 2.25. The minimum atomic E-state index is 0.633. The van der Waals surface area contributed by atoms with E-state index in [9.17, 15) is 0 Å². The Morgan fingerprint density at radius 1 is 1.24 bits per heavy atom. The number of allylic oxidation sites excluding steroid dienone is 2. The first-order valence-electron chi connectivity index (χ1n) is 6.44. The van der Waals surface area contributed by atoms with Crippen LogP contribution in [-0.2, 0) is 0 Å². The van der Waals surface area contributed by atoms with Crippen LogP contribution in [0.5, 0.6) is 0 Å². The van der Waals surface area contributed by atoms with Gasteiger partial charge < -0.3 is 0 Å². The maximum atomic E-state index is 4.29. The van der Waals surface area contributed by atoms with Crippen LogP contribution in [0.1, 0.15) is 51.1 Å². The van der Waals surface area contributed by atoms with Gasteiger partial charge in [-0.25, -0.2) is 9.97 Å². The van der Waals surface area contributed by atoms with Crippen molar-refractivity contribution in [2.24, 2.45) is 11.8 Å². The summed E-state index contributed by atoms with van der Waals surface area (Å²) in [7, 11) is 0. The molecular formula is C15H24N2. The normalized spacial score (nSPS) is 14.2. The molecule has 0 fully saturated rings. The van der Waals surface area contributed by atoms with Crippen molar-refractivity contribution >= 4 is 5.57 Å². The molecule has 0 N–H and O–H groups in total. The van der Waals surface area contributed by atoms with Gasteiger partial charge in [-0.05, 0) is 44.6 Å². The maximum absolute atomic E-state index is 4.29. The summed E-state index contributed by atoms with van der Waals surface area (Å²) in [6.07, 6.45) is 5.20. The lowest BCUT2D eigenvalue weighted by Gasteiger charge is -2.17. The van der Waals surface area contributed by atoms with Gasteiger partial charge in [0.2, 0.25) is 0 Å². The van der Waals surface area contributed by atoms with Crippen LogP contribution in [0, 0.1) is 25.7 Å². The highest BCUT2D eigenvalue weighted by Gasteiger charge is 2.11. The van der Waals surface area contributed by atoms with Gasteiger partial charge in [-0.1, -0.05) is 26.8 Å². The fourth-order valence-corrected chi connectivity index (χ4v) is 2.35. The van der Waals surface area contributed by atoms with Crippen LogP contribution in [0.15, 0.2) is 12.4 Å². The van der Waals surface area contributed by atoms with E-state index in [1.54, 1.807) is 6.33 Å². The lowest BCUT2D eigenvalue weighted by atomic mass is 9.89. The summed E-state index contributed by atoms with van der Waals surface area (Å²) in [6.45, 7) is 13.1.